The summed E-state index contributed by atoms with van der Waals surface area (Å²) in [6.07, 6.45) is 1.01. The number of amides is 2. The zero-order valence-electron chi connectivity index (χ0n) is 16.9. The van der Waals surface area contributed by atoms with Gasteiger partial charge >= 0.3 is 11.8 Å². The molecule has 2 N–H and O–H groups in total. The number of hydrogen-bond donors (Lipinski definition) is 2. The van der Waals surface area contributed by atoms with Gasteiger partial charge in [-0.3, -0.25) is 9.59 Å². The summed E-state index contributed by atoms with van der Waals surface area (Å²) in [5, 5.41) is 14.3. The van der Waals surface area contributed by atoms with Crippen molar-refractivity contribution in [3.8, 4) is 6.07 Å². The fourth-order valence-electron chi connectivity index (χ4n) is 3.53. The van der Waals surface area contributed by atoms with Crippen LogP contribution in [0.4, 0.5) is 11.4 Å². The molecule has 1 aliphatic heterocycles. The van der Waals surface area contributed by atoms with Crippen LogP contribution in [0.2, 0.25) is 0 Å². The summed E-state index contributed by atoms with van der Waals surface area (Å²) in [5.41, 5.74) is 4.27. The maximum atomic E-state index is 12.3. The first-order valence-corrected chi connectivity index (χ1v) is 9.49. The molecule has 0 fully saturated rings. The van der Waals surface area contributed by atoms with Crippen molar-refractivity contribution in [1.82, 2.24) is 10.2 Å². The van der Waals surface area contributed by atoms with Crippen LogP contribution in [0.15, 0.2) is 42.5 Å². The van der Waals surface area contributed by atoms with Crippen LogP contribution in [0.1, 0.15) is 22.7 Å². The standard InChI is InChI=1S/C22H25N5O2/c1-26(2)20(15-8-9-19-16(12-15)10-11-27(19)3)14-24-21(28)22(29)25-18-7-5-4-6-17(18)13-23/h4-9,12,20H,10-11,14H2,1-3H3,(H,24,28)(H,25,29)/t20-/m1/s1. The highest BCUT2D eigenvalue weighted by atomic mass is 16.2. The summed E-state index contributed by atoms with van der Waals surface area (Å²) < 4.78 is 0. The van der Waals surface area contributed by atoms with E-state index in [9.17, 15) is 9.59 Å². The first-order valence-electron chi connectivity index (χ1n) is 9.49. The summed E-state index contributed by atoms with van der Waals surface area (Å²) in [6, 6.07) is 14.9. The molecule has 7 heteroatoms. The monoisotopic (exact) mass is 391 g/mol. The number of anilines is 2. The third-order valence-corrected chi connectivity index (χ3v) is 5.20. The fraction of sp³-hybridized carbons (Fsp3) is 0.318. The van der Waals surface area contributed by atoms with E-state index < -0.39 is 11.8 Å². The molecule has 0 spiro atoms. The molecular formula is C22H25N5O2. The number of nitrogens with one attached hydrogen (secondary N) is 2. The van der Waals surface area contributed by atoms with Gasteiger partial charge in [0, 0.05) is 25.8 Å². The van der Waals surface area contributed by atoms with E-state index in [-0.39, 0.29) is 6.04 Å². The van der Waals surface area contributed by atoms with Gasteiger partial charge in [-0.2, -0.15) is 5.26 Å². The molecule has 2 aromatic rings. The van der Waals surface area contributed by atoms with Crippen LogP contribution < -0.4 is 15.5 Å². The minimum atomic E-state index is -0.791. The predicted octanol–water partition coefficient (Wildman–Crippen LogP) is 1.91. The topological polar surface area (TPSA) is 88.5 Å². The number of carbonyl (C=O) groups is 2. The molecule has 0 bridgehead atoms. The average Bonchev–Trinajstić information content (AvgIpc) is 3.08. The van der Waals surface area contributed by atoms with Crippen LogP contribution in [-0.2, 0) is 16.0 Å². The Balaban J connectivity index is 1.65. The summed E-state index contributed by atoms with van der Waals surface area (Å²) in [5.74, 6) is -1.52. The molecule has 1 aliphatic rings. The molecule has 1 atom stereocenters. The second kappa shape index (κ2) is 8.76. The van der Waals surface area contributed by atoms with Crippen LogP contribution in [0, 0.1) is 11.3 Å². The van der Waals surface area contributed by atoms with Gasteiger partial charge in [0.1, 0.15) is 6.07 Å². The Labute approximate surface area is 170 Å². The normalized spacial score (nSPS) is 13.6. The van der Waals surface area contributed by atoms with Crippen molar-refractivity contribution in [2.75, 3.05) is 44.4 Å². The van der Waals surface area contributed by atoms with Crippen molar-refractivity contribution in [1.29, 1.82) is 5.26 Å². The maximum Gasteiger partial charge on any atom is 0.313 e. The number of hydrogen-bond acceptors (Lipinski definition) is 5. The molecule has 0 saturated heterocycles. The van der Waals surface area contributed by atoms with E-state index in [1.54, 1.807) is 24.3 Å². The molecule has 0 unspecified atom stereocenters. The van der Waals surface area contributed by atoms with Crippen molar-refractivity contribution in [2.24, 2.45) is 0 Å². The van der Waals surface area contributed by atoms with Gasteiger partial charge in [0.2, 0.25) is 0 Å². The SMILES string of the molecule is CN1CCc2cc([C@@H](CNC(=O)C(=O)Nc3ccccc3C#N)N(C)C)ccc21. The largest absolute Gasteiger partial charge is 0.374 e. The quantitative estimate of drug-likeness (QED) is 0.760. The first kappa shape index (κ1) is 20.4. The van der Waals surface area contributed by atoms with Crippen molar-refractivity contribution in [2.45, 2.75) is 12.5 Å². The van der Waals surface area contributed by atoms with E-state index in [1.807, 2.05) is 25.1 Å². The van der Waals surface area contributed by atoms with Crippen LogP contribution in [0.5, 0.6) is 0 Å². The molecule has 2 aromatic carbocycles. The van der Waals surface area contributed by atoms with E-state index in [0.29, 0.717) is 17.8 Å². The average molecular weight is 391 g/mol. The Morgan fingerprint density at radius 2 is 1.97 bits per heavy atom. The fourth-order valence-corrected chi connectivity index (χ4v) is 3.53. The van der Waals surface area contributed by atoms with E-state index in [2.05, 4.69) is 40.8 Å². The number of nitrogens with zero attached hydrogens (tertiary/aromatic N) is 3. The minimum Gasteiger partial charge on any atom is -0.374 e. The molecule has 2 amide bonds. The third kappa shape index (κ3) is 4.55. The number of rotatable bonds is 5. The lowest BCUT2D eigenvalue weighted by molar-refractivity contribution is -0.136. The lowest BCUT2D eigenvalue weighted by Gasteiger charge is -2.26. The van der Waals surface area contributed by atoms with E-state index in [1.165, 1.54) is 11.3 Å². The molecule has 1 heterocycles. The highest BCUT2D eigenvalue weighted by molar-refractivity contribution is 6.39. The highest BCUT2D eigenvalue weighted by Crippen LogP contribution is 2.30. The summed E-state index contributed by atoms with van der Waals surface area (Å²) >= 11 is 0. The molecule has 150 valence electrons. The smallest absolute Gasteiger partial charge is 0.313 e. The van der Waals surface area contributed by atoms with Crippen molar-refractivity contribution >= 4 is 23.2 Å². The van der Waals surface area contributed by atoms with Gasteiger partial charge in [-0.25, -0.2) is 0 Å². The molecule has 0 aliphatic carbocycles. The minimum absolute atomic E-state index is 0.0608. The van der Waals surface area contributed by atoms with E-state index in [0.717, 1.165) is 18.5 Å². The van der Waals surface area contributed by atoms with E-state index >= 15 is 0 Å². The molecule has 0 saturated carbocycles. The third-order valence-electron chi connectivity index (χ3n) is 5.20. The zero-order chi connectivity index (χ0) is 21.0. The lowest BCUT2D eigenvalue weighted by Crippen LogP contribution is -2.40. The van der Waals surface area contributed by atoms with Crippen molar-refractivity contribution in [3.63, 3.8) is 0 Å². The Morgan fingerprint density at radius 1 is 1.21 bits per heavy atom. The maximum absolute atomic E-state index is 12.3. The summed E-state index contributed by atoms with van der Waals surface area (Å²) in [4.78, 5) is 28.8. The Bertz CT molecular complexity index is 964. The molecule has 7 nitrogen and oxygen atoms in total. The lowest BCUT2D eigenvalue weighted by atomic mass is 10.0. The molecule has 0 aromatic heterocycles. The van der Waals surface area contributed by atoms with Gasteiger partial charge in [0.15, 0.2) is 0 Å². The number of fused-ring (bicyclic) bond motifs is 1. The van der Waals surface area contributed by atoms with Gasteiger partial charge in [-0.1, -0.05) is 24.3 Å². The molecular weight excluding hydrogens is 366 g/mol. The number of likely N-dealkylation sites (N-methyl/N-ethyl adjacent to an activating group) is 2. The van der Waals surface area contributed by atoms with E-state index in [4.69, 9.17) is 5.26 Å². The molecule has 0 radical (unpaired) electrons. The van der Waals surface area contributed by atoms with Gasteiger partial charge in [0.05, 0.1) is 17.3 Å². The number of nitriles is 1. The van der Waals surface area contributed by atoms with Crippen LogP contribution >= 0.6 is 0 Å². The molecule has 29 heavy (non-hydrogen) atoms. The van der Waals surface area contributed by atoms with Crippen molar-refractivity contribution < 1.29 is 9.59 Å². The zero-order valence-corrected chi connectivity index (χ0v) is 16.9. The second-order valence-corrected chi connectivity index (χ2v) is 7.36. The summed E-state index contributed by atoms with van der Waals surface area (Å²) in [6.45, 7) is 1.31. The second-order valence-electron chi connectivity index (χ2n) is 7.36. The summed E-state index contributed by atoms with van der Waals surface area (Å²) in [7, 11) is 5.97. The van der Waals surface area contributed by atoms with Gasteiger partial charge in [-0.15, -0.1) is 0 Å². The van der Waals surface area contributed by atoms with Crippen LogP contribution in [-0.4, -0.2) is 50.9 Å². The number of para-hydroxylation sites is 1. The number of benzene rings is 2. The Hall–Kier alpha value is -3.37. The molecule has 3 rings (SSSR count). The predicted molar refractivity (Wildman–Crippen MR) is 113 cm³/mol. The number of carbonyl (C=O) groups excluding carboxylic acids is 2. The van der Waals surface area contributed by atoms with Gasteiger partial charge in [0.25, 0.3) is 0 Å². The van der Waals surface area contributed by atoms with Crippen LogP contribution in [0.25, 0.3) is 0 Å². The highest BCUT2D eigenvalue weighted by Gasteiger charge is 2.22. The van der Waals surface area contributed by atoms with Gasteiger partial charge < -0.3 is 20.4 Å². The Morgan fingerprint density at radius 3 is 2.69 bits per heavy atom. The first-order chi connectivity index (χ1) is 13.9. The van der Waals surface area contributed by atoms with Crippen molar-refractivity contribution in [3.05, 3.63) is 59.2 Å². The van der Waals surface area contributed by atoms with Gasteiger partial charge in [-0.05, 0) is 49.8 Å². The van der Waals surface area contributed by atoms with Crippen LogP contribution in [0.3, 0.4) is 0 Å². The Kier molecular flexibility index (Phi) is 6.15.